The summed E-state index contributed by atoms with van der Waals surface area (Å²) in [7, 11) is 0. The van der Waals surface area contributed by atoms with Crippen molar-refractivity contribution in [3.63, 3.8) is 0 Å². The van der Waals surface area contributed by atoms with Gasteiger partial charge in [0.25, 0.3) is 0 Å². The van der Waals surface area contributed by atoms with Gasteiger partial charge in [0, 0.05) is 44.7 Å². The Hall–Kier alpha value is -2.44. The fourth-order valence-corrected chi connectivity index (χ4v) is 3.09. The van der Waals surface area contributed by atoms with E-state index in [0.717, 1.165) is 49.5 Å². The Balaban J connectivity index is 1.52. The van der Waals surface area contributed by atoms with Crippen LogP contribution >= 0.6 is 0 Å². The summed E-state index contributed by atoms with van der Waals surface area (Å²) in [6, 6.07) is 5.67. The molecular weight excluding hydrogens is 320 g/mol. The molecule has 7 nitrogen and oxygen atoms in total. The number of nitrogens with two attached hydrogens (primary N) is 1. The minimum Gasteiger partial charge on any atom is -0.490 e. The highest BCUT2D eigenvalue weighted by Gasteiger charge is 2.20. The highest BCUT2D eigenvalue weighted by molar-refractivity contribution is 5.92. The molecule has 2 heterocycles. The highest BCUT2D eigenvalue weighted by Crippen LogP contribution is 2.32. The zero-order valence-corrected chi connectivity index (χ0v) is 14.7. The lowest BCUT2D eigenvalue weighted by atomic mass is 9.97. The summed E-state index contributed by atoms with van der Waals surface area (Å²) in [4.78, 5) is 17.7. The molecule has 0 spiro atoms. The number of anilines is 1. The third-order valence-corrected chi connectivity index (χ3v) is 4.60. The van der Waals surface area contributed by atoms with Gasteiger partial charge in [0.15, 0.2) is 17.5 Å². The molecule has 136 valence electrons. The number of hydrogen-bond donors (Lipinski definition) is 2. The number of carbonyl (C=O) groups is 1. The standard InChI is InChI=1S/C18H26N4O3/c1-13(23)22-7-5-14(6-8-22)12-20-18(19)21-15-3-4-16-17(11-15)25-10-2-9-24-16/h3-4,11,14H,2,5-10,12H2,1H3,(H3,19,20,21). The van der Waals surface area contributed by atoms with Gasteiger partial charge in [-0.2, -0.15) is 0 Å². The molecule has 7 heteroatoms. The number of hydrogen-bond acceptors (Lipinski definition) is 4. The number of benzene rings is 1. The van der Waals surface area contributed by atoms with Crippen LogP contribution in [0.2, 0.25) is 0 Å². The first-order valence-corrected chi connectivity index (χ1v) is 8.84. The van der Waals surface area contributed by atoms with E-state index in [2.05, 4.69) is 10.3 Å². The molecule has 0 bridgehead atoms. The third kappa shape index (κ3) is 4.78. The molecule has 0 aliphatic carbocycles. The minimum absolute atomic E-state index is 0.150. The topological polar surface area (TPSA) is 89.2 Å². The van der Waals surface area contributed by atoms with Crippen LogP contribution in [-0.4, -0.2) is 49.6 Å². The molecule has 0 unspecified atom stereocenters. The monoisotopic (exact) mass is 346 g/mol. The van der Waals surface area contributed by atoms with Gasteiger partial charge in [-0.15, -0.1) is 0 Å². The number of amides is 1. The van der Waals surface area contributed by atoms with Crippen molar-refractivity contribution in [2.75, 3.05) is 38.2 Å². The van der Waals surface area contributed by atoms with Crippen LogP contribution in [0.4, 0.5) is 5.69 Å². The molecule has 0 atom stereocenters. The molecule has 1 aromatic carbocycles. The zero-order valence-electron chi connectivity index (χ0n) is 14.7. The lowest BCUT2D eigenvalue weighted by Crippen LogP contribution is -2.37. The maximum atomic E-state index is 11.3. The Bertz CT molecular complexity index is 639. The quantitative estimate of drug-likeness (QED) is 0.644. The van der Waals surface area contributed by atoms with Crippen LogP contribution in [0.1, 0.15) is 26.2 Å². The summed E-state index contributed by atoms with van der Waals surface area (Å²) in [5, 5.41) is 3.11. The smallest absolute Gasteiger partial charge is 0.219 e. The number of fused-ring (bicyclic) bond motifs is 1. The van der Waals surface area contributed by atoms with Gasteiger partial charge in [0.1, 0.15) is 0 Å². The fraction of sp³-hybridized carbons (Fsp3) is 0.556. The molecular formula is C18H26N4O3. The highest BCUT2D eigenvalue weighted by atomic mass is 16.5. The number of nitrogens with zero attached hydrogens (tertiary/aromatic N) is 2. The van der Waals surface area contributed by atoms with Crippen LogP contribution in [0, 0.1) is 5.92 Å². The Kier molecular flexibility index (Phi) is 5.63. The Morgan fingerprint density at radius 3 is 2.72 bits per heavy atom. The van der Waals surface area contributed by atoms with Crippen LogP contribution in [0.15, 0.2) is 23.2 Å². The molecule has 0 aromatic heterocycles. The van der Waals surface area contributed by atoms with Crippen LogP contribution in [0.25, 0.3) is 0 Å². The molecule has 1 fully saturated rings. The number of piperidine rings is 1. The van der Waals surface area contributed by atoms with E-state index >= 15 is 0 Å². The Morgan fingerprint density at radius 1 is 1.28 bits per heavy atom. The van der Waals surface area contributed by atoms with Gasteiger partial charge in [0.05, 0.1) is 13.2 Å². The second-order valence-electron chi connectivity index (χ2n) is 6.51. The molecule has 2 aliphatic rings. The number of ether oxygens (including phenoxy) is 2. The normalized spacial score (nSPS) is 18.6. The maximum Gasteiger partial charge on any atom is 0.219 e. The first-order valence-electron chi connectivity index (χ1n) is 8.84. The summed E-state index contributed by atoms with van der Waals surface area (Å²) in [6.45, 7) is 5.24. The number of nitrogens with one attached hydrogen (secondary N) is 1. The van der Waals surface area contributed by atoms with Gasteiger partial charge < -0.3 is 25.4 Å². The van der Waals surface area contributed by atoms with E-state index in [1.807, 2.05) is 23.1 Å². The van der Waals surface area contributed by atoms with E-state index in [4.69, 9.17) is 15.2 Å². The second kappa shape index (κ2) is 8.09. The first-order chi connectivity index (χ1) is 12.1. The summed E-state index contributed by atoms with van der Waals surface area (Å²) in [5.41, 5.74) is 6.84. The molecule has 0 saturated carbocycles. The minimum atomic E-state index is 0.150. The van der Waals surface area contributed by atoms with Crippen molar-refractivity contribution in [3.05, 3.63) is 18.2 Å². The van der Waals surface area contributed by atoms with Crippen LogP contribution < -0.4 is 20.5 Å². The van der Waals surface area contributed by atoms with Crippen molar-refractivity contribution in [2.24, 2.45) is 16.6 Å². The van der Waals surface area contributed by atoms with Gasteiger partial charge in [-0.05, 0) is 30.9 Å². The van der Waals surface area contributed by atoms with Crippen molar-refractivity contribution >= 4 is 17.6 Å². The Morgan fingerprint density at radius 2 is 2.00 bits per heavy atom. The van der Waals surface area contributed by atoms with Crippen molar-refractivity contribution in [1.29, 1.82) is 0 Å². The van der Waals surface area contributed by atoms with Gasteiger partial charge in [-0.25, -0.2) is 0 Å². The second-order valence-corrected chi connectivity index (χ2v) is 6.51. The van der Waals surface area contributed by atoms with Crippen molar-refractivity contribution in [2.45, 2.75) is 26.2 Å². The van der Waals surface area contributed by atoms with E-state index in [9.17, 15) is 4.79 Å². The summed E-state index contributed by atoms with van der Waals surface area (Å²) >= 11 is 0. The molecule has 25 heavy (non-hydrogen) atoms. The van der Waals surface area contributed by atoms with Gasteiger partial charge in [-0.1, -0.05) is 0 Å². The molecule has 3 rings (SSSR count). The largest absolute Gasteiger partial charge is 0.490 e. The number of likely N-dealkylation sites (tertiary alicyclic amines) is 1. The Labute approximate surface area is 148 Å². The third-order valence-electron chi connectivity index (χ3n) is 4.60. The first kappa shape index (κ1) is 17.4. The fourth-order valence-electron chi connectivity index (χ4n) is 3.09. The van der Waals surface area contributed by atoms with E-state index in [0.29, 0.717) is 31.6 Å². The van der Waals surface area contributed by atoms with E-state index in [1.54, 1.807) is 6.92 Å². The van der Waals surface area contributed by atoms with Gasteiger partial charge in [-0.3, -0.25) is 9.79 Å². The van der Waals surface area contributed by atoms with Crippen LogP contribution in [0.5, 0.6) is 11.5 Å². The number of aliphatic imine (C=N–C) groups is 1. The lowest BCUT2D eigenvalue weighted by molar-refractivity contribution is -0.130. The van der Waals surface area contributed by atoms with Crippen molar-refractivity contribution < 1.29 is 14.3 Å². The van der Waals surface area contributed by atoms with Gasteiger partial charge >= 0.3 is 0 Å². The SMILES string of the molecule is CC(=O)N1CCC(CN=C(N)Nc2ccc3c(c2)OCCCO3)CC1. The van der Waals surface area contributed by atoms with Crippen molar-refractivity contribution in [3.8, 4) is 11.5 Å². The molecule has 1 saturated heterocycles. The van der Waals surface area contributed by atoms with Gasteiger partial charge in [0.2, 0.25) is 5.91 Å². The zero-order chi connectivity index (χ0) is 17.6. The van der Waals surface area contributed by atoms with E-state index in [-0.39, 0.29) is 5.91 Å². The van der Waals surface area contributed by atoms with Crippen LogP contribution in [-0.2, 0) is 4.79 Å². The van der Waals surface area contributed by atoms with E-state index in [1.165, 1.54) is 0 Å². The summed E-state index contributed by atoms with van der Waals surface area (Å²) in [5.74, 6) is 2.50. The maximum absolute atomic E-state index is 11.3. The van der Waals surface area contributed by atoms with Crippen LogP contribution in [0.3, 0.4) is 0 Å². The van der Waals surface area contributed by atoms with E-state index < -0.39 is 0 Å². The molecule has 0 radical (unpaired) electrons. The molecule has 2 aliphatic heterocycles. The molecule has 1 aromatic rings. The van der Waals surface area contributed by atoms with Crippen molar-refractivity contribution in [1.82, 2.24) is 4.90 Å². The average Bonchev–Trinajstić information content (AvgIpc) is 2.85. The predicted molar refractivity (Wildman–Crippen MR) is 97.1 cm³/mol. The summed E-state index contributed by atoms with van der Waals surface area (Å²) in [6.07, 6.45) is 2.82. The molecule has 3 N–H and O–H groups in total. The summed E-state index contributed by atoms with van der Waals surface area (Å²) < 4.78 is 11.3. The average molecular weight is 346 g/mol. The molecule has 1 amide bonds. The number of carbonyl (C=O) groups excluding carboxylic acids is 1. The predicted octanol–water partition coefficient (Wildman–Crippen LogP) is 1.83. The lowest BCUT2D eigenvalue weighted by Gasteiger charge is -2.30. The number of rotatable bonds is 3. The number of guanidine groups is 1.